The van der Waals surface area contributed by atoms with Crippen LogP contribution in [0.2, 0.25) is 0 Å². The number of nitrogens with one attached hydrogen (secondary N) is 1. The van der Waals surface area contributed by atoms with E-state index in [0.29, 0.717) is 48.4 Å². The fraction of sp³-hybridized carbons (Fsp3) is 0.435. The monoisotopic (exact) mass is 474 g/mol. The Morgan fingerprint density at radius 3 is 2.52 bits per heavy atom. The van der Waals surface area contributed by atoms with Crippen LogP contribution in [-0.2, 0) is 16.6 Å². The maximum Gasteiger partial charge on any atom is 0.298 e. The van der Waals surface area contributed by atoms with Crippen LogP contribution in [0.5, 0.6) is 11.5 Å². The van der Waals surface area contributed by atoms with Crippen LogP contribution in [-0.4, -0.2) is 45.7 Å². The summed E-state index contributed by atoms with van der Waals surface area (Å²) < 4.78 is 41.0. The van der Waals surface area contributed by atoms with Crippen molar-refractivity contribution in [3.05, 3.63) is 42.0 Å². The normalized spacial score (nSPS) is 15.0. The Morgan fingerprint density at radius 2 is 1.82 bits per heavy atom. The molecule has 0 radical (unpaired) electrons. The van der Waals surface area contributed by atoms with E-state index < -0.39 is 10.0 Å². The topological polar surface area (TPSA) is 120 Å². The molecule has 0 unspecified atom stereocenters. The van der Waals surface area contributed by atoms with Crippen molar-refractivity contribution in [3.8, 4) is 11.5 Å². The Morgan fingerprint density at radius 1 is 1.09 bits per heavy atom. The second kappa shape index (κ2) is 9.98. The molecule has 1 saturated heterocycles. The predicted molar refractivity (Wildman–Crippen MR) is 126 cm³/mol. The molecule has 0 aliphatic carbocycles. The van der Waals surface area contributed by atoms with E-state index >= 15 is 0 Å². The van der Waals surface area contributed by atoms with Crippen molar-refractivity contribution in [1.82, 2.24) is 10.3 Å². The van der Waals surface area contributed by atoms with Gasteiger partial charge in [0.15, 0.2) is 17.1 Å². The first-order valence-electron chi connectivity index (χ1n) is 11.2. The maximum atomic E-state index is 11.7. The number of fused-ring (bicyclic) bond motifs is 1. The number of nitrogens with two attached hydrogens (primary N) is 1. The van der Waals surface area contributed by atoms with E-state index in [-0.39, 0.29) is 10.9 Å². The van der Waals surface area contributed by atoms with E-state index in [0.717, 1.165) is 31.5 Å². The van der Waals surface area contributed by atoms with Gasteiger partial charge in [0, 0.05) is 12.6 Å². The molecular weight excluding hydrogens is 444 g/mol. The molecule has 33 heavy (non-hydrogen) atoms. The van der Waals surface area contributed by atoms with Gasteiger partial charge in [-0.05, 0) is 75.7 Å². The number of aromatic nitrogens is 1. The van der Waals surface area contributed by atoms with Crippen molar-refractivity contribution in [2.45, 2.75) is 44.2 Å². The molecule has 9 nitrogen and oxygen atoms in total. The second-order valence-corrected chi connectivity index (χ2v) is 9.49. The smallest absolute Gasteiger partial charge is 0.298 e. The largest absolute Gasteiger partial charge is 0.490 e. The van der Waals surface area contributed by atoms with Gasteiger partial charge in [-0.3, -0.25) is 0 Å². The van der Waals surface area contributed by atoms with Gasteiger partial charge < -0.3 is 24.1 Å². The Balaban J connectivity index is 1.69. The molecule has 178 valence electrons. The molecule has 1 aliphatic heterocycles. The maximum absolute atomic E-state index is 11.7. The summed E-state index contributed by atoms with van der Waals surface area (Å²) in [5.74, 6) is 1.42. The third kappa shape index (κ3) is 5.40. The van der Waals surface area contributed by atoms with E-state index in [9.17, 15) is 8.42 Å². The van der Waals surface area contributed by atoms with E-state index in [1.807, 2.05) is 32.0 Å². The summed E-state index contributed by atoms with van der Waals surface area (Å²) in [6.07, 6.45) is 1.88. The number of benzene rings is 2. The molecule has 0 saturated carbocycles. The lowest BCUT2D eigenvalue weighted by molar-refractivity contribution is 0.287. The molecule has 1 aromatic heterocycles. The lowest BCUT2D eigenvalue weighted by Gasteiger charge is -2.33. The van der Waals surface area contributed by atoms with Crippen LogP contribution < -0.4 is 24.8 Å². The van der Waals surface area contributed by atoms with E-state index in [4.69, 9.17) is 19.0 Å². The first kappa shape index (κ1) is 23.3. The highest BCUT2D eigenvalue weighted by Crippen LogP contribution is 2.32. The summed E-state index contributed by atoms with van der Waals surface area (Å²) >= 11 is 0. The summed E-state index contributed by atoms with van der Waals surface area (Å²) in [5, 5.41) is 8.67. The molecule has 2 aromatic carbocycles. The second-order valence-electron chi connectivity index (χ2n) is 7.93. The number of rotatable bonds is 9. The SMILES string of the molecule is CCOc1ccc(CN(c2nc3cc(S(N)(=O)=O)ccc3o2)C2CCNCC2)cc1OCC. The van der Waals surface area contributed by atoms with Crippen molar-refractivity contribution in [2.24, 2.45) is 5.14 Å². The zero-order valence-electron chi connectivity index (χ0n) is 18.9. The van der Waals surface area contributed by atoms with Gasteiger partial charge in [-0.25, -0.2) is 13.6 Å². The number of nitrogens with zero attached hydrogens (tertiary/aromatic N) is 2. The Kier molecular flexibility index (Phi) is 7.06. The van der Waals surface area contributed by atoms with Crippen LogP contribution in [0, 0.1) is 0 Å². The average Bonchev–Trinajstić information content (AvgIpc) is 3.22. The van der Waals surface area contributed by atoms with E-state index in [2.05, 4.69) is 15.2 Å². The molecular formula is C23H30N4O5S. The van der Waals surface area contributed by atoms with E-state index in [1.165, 1.54) is 12.1 Å². The van der Waals surface area contributed by atoms with Crippen molar-refractivity contribution in [2.75, 3.05) is 31.2 Å². The van der Waals surface area contributed by atoms with Gasteiger partial charge >= 0.3 is 0 Å². The number of primary sulfonamides is 1. The summed E-state index contributed by atoms with van der Waals surface area (Å²) in [6.45, 7) is 7.36. The van der Waals surface area contributed by atoms with Gasteiger partial charge in [0.05, 0.1) is 18.1 Å². The van der Waals surface area contributed by atoms with Gasteiger partial charge in [-0.1, -0.05) is 6.07 Å². The Hall–Kier alpha value is -2.82. The lowest BCUT2D eigenvalue weighted by Crippen LogP contribution is -2.43. The number of ether oxygens (including phenoxy) is 2. The zero-order valence-corrected chi connectivity index (χ0v) is 19.7. The Labute approximate surface area is 193 Å². The van der Waals surface area contributed by atoms with Crippen LogP contribution in [0.25, 0.3) is 11.1 Å². The van der Waals surface area contributed by atoms with Crippen molar-refractivity contribution < 1.29 is 22.3 Å². The average molecular weight is 475 g/mol. The standard InChI is InChI=1S/C23H30N4O5S/c1-3-30-21-7-5-16(13-22(21)31-4-2)15-27(17-9-11-25-12-10-17)23-26-19-14-18(33(24,28)29)6-8-20(19)32-23/h5-8,13-14,17,25H,3-4,9-12,15H2,1-2H3,(H2,24,28,29). The van der Waals surface area contributed by atoms with Crippen LogP contribution >= 0.6 is 0 Å². The minimum absolute atomic E-state index is 0.0103. The van der Waals surface area contributed by atoms with Crippen LogP contribution in [0.3, 0.4) is 0 Å². The fourth-order valence-electron chi connectivity index (χ4n) is 4.06. The first-order valence-corrected chi connectivity index (χ1v) is 12.7. The molecule has 2 heterocycles. The number of hydrogen-bond acceptors (Lipinski definition) is 8. The Bertz CT molecular complexity index is 1200. The molecule has 0 bridgehead atoms. The lowest BCUT2D eigenvalue weighted by atomic mass is 10.0. The van der Waals surface area contributed by atoms with Crippen molar-refractivity contribution in [3.63, 3.8) is 0 Å². The highest BCUT2D eigenvalue weighted by molar-refractivity contribution is 7.89. The van der Waals surface area contributed by atoms with Gasteiger partial charge in [0.25, 0.3) is 6.01 Å². The molecule has 0 atom stereocenters. The minimum Gasteiger partial charge on any atom is -0.490 e. The van der Waals surface area contributed by atoms with Gasteiger partial charge in [-0.15, -0.1) is 0 Å². The highest BCUT2D eigenvalue weighted by atomic mass is 32.2. The molecule has 1 fully saturated rings. The van der Waals surface area contributed by atoms with E-state index in [1.54, 1.807) is 6.07 Å². The first-order chi connectivity index (χ1) is 15.9. The van der Waals surface area contributed by atoms with Gasteiger partial charge in [-0.2, -0.15) is 4.98 Å². The fourth-order valence-corrected chi connectivity index (χ4v) is 4.59. The van der Waals surface area contributed by atoms with Crippen molar-refractivity contribution >= 4 is 27.1 Å². The summed E-state index contributed by atoms with van der Waals surface area (Å²) in [5.41, 5.74) is 2.00. The van der Waals surface area contributed by atoms with Gasteiger partial charge in [0.2, 0.25) is 10.0 Å². The number of anilines is 1. The minimum atomic E-state index is -3.82. The third-order valence-electron chi connectivity index (χ3n) is 5.63. The molecule has 3 aromatic rings. The third-order valence-corrected chi connectivity index (χ3v) is 6.54. The number of oxazole rings is 1. The number of piperidine rings is 1. The summed E-state index contributed by atoms with van der Waals surface area (Å²) in [6, 6.07) is 11.1. The van der Waals surface area contributed by atoms with Crippen LogP contribution in [0.1, 0.15) is 32.3 Å². The summed E-state index contributed by atoms with van der Waals surface area (Å²) in [4.78, 5) is 6.78. The molecule has 1 aliphatic rings. The van der Waals surface area contributed by atoms with Crippen LogP contribution in [0.15, 0.2) is 45.7 Å². The quantitative estimate of drug-likeness (QED) is 0.486. The van der Waals surface area contributed by atoms with Crippen LogP contribution in [0.4, 0.5) is 6.01 Å². The number of sulfonamides is 1. The summed E-state index contributed by atoms with van der Waals surface area (Å²) in [7, 11) is -3.82. The molecule has 4 rings (SSSR count). The number of hydrogen-bond donors (Lipinski definition) is 2. The molecule has 0 amide bonds. The highest BCUT2D eigenvalue weighted by Gasteiger charge is 2.26. The molecule has 3 N–H and O–H groups in total. The zero-order chi connectivity index (χ0) is 23.4. The van der Waals surface area contributed by atoms with Gasteiger partial charge in [0.1, 0.15) is 5.52 Å². The molecule has 10 heteroatoms. The molecule has 0 spiro atoms. The predicted octanol–water partition coefficient (Wildman–Crippen LogP) is 3.03. The van der Waals surface area contributed by atoms with Crippen molar-refractivity contribution in [1.29, 1.82) is 0 Å².